The predicted octanol–water partition coefficient (Wildman–Crippen LogP) is 0.764. The molecule has 1 rings (SSSR count). The highest BCUT2D eigenvalue weighted by molar-refractivity contribution is 5.84. The van der Waals surface area contributed by atoms with Crippen molar-refractivity contribution in [2.45, 2.75) is 45.1 Å². The minimum absolute atomic E-state index is 0.0597. The highest BCUT2D eigenvalue weighted by atomic mass is 16.4. The molecule has 17 heavy (non-hydrogen) atoms. The second-order valence-electron chi connectivity index (χ2n) is 4.87. The molecular formula is C12H21NO4. The van der Waals surface area contributed by atoms with Crippen molar-refractivity contribution in [3.8, 4) is 0 Å². The number of carbonyl (C=O) groups excluding carboxylic acids is 1. The number of aliphatic carboxylic acids is 1. The average molecular weight is 243 g/mol. The monoisotopic (exact) mass is 243 g/mol. The third-order valence-corrected chi connectivity index (χ3v) is 3.42. The van der Waals surface area contributed by atoms with Crippen molar-refractivity contribution in [3.63, 3.8) is 0 Å². The van der Waals surface area contributed by atoms with Crippen LogP contribution in [0.25, 0.3) is 0 Å². The van der Waals surface area contributed by atoms with E-state index in [2.05, 4.69) is 12.2 Å². The van der Waals surface area contributed by atoms with Gasteiger partial charge in [-0.3, -0.25) is 4.79 Å². The maximum absolute atomic E-state index is 11.8. The molecule has 3 N–H and O–H groups in total. The molecule has 0 bridgehead atoms. The Labute approximate surface area is 101 Å². The van der Waals surface area contributed by atoms with E-state index in [1.54, 1.807) is 0 Å². The Kier molecular flexibility index (Phi) is 5.41. The van der Waals surface area contributed by atoms with Crippen LogP contribution in [0.4, 0.5) is 0 Å². The fourth-order valence-electron chi connectivity index (χ4n) is 2.20. The second-order valence-corrected chi connectivity index (χ2v) is 4.87. The Hall–Kier alpha value is -1.10. The lowest BCUT2D eigenvalue weighted by Crippen LogP contribution is -2.44. The molecular weight excluding hydrogens is 222 g/mol. The van der Waals surface area contributed by atoms with Crippen LogP contribution in [0.2, 0.25) is 0 Å². The Morgan fingerprint density at radius 2 is 1.88 bits per heavy atom. The van der Waals surface area contributed by atoms with E-state index >= 15 is 0 Å². The molecule has 1 aliphatic carbocycles. The average Bonchev–Trinajstić information content (AvgIpc) is 2.29. The maximum atomic E-state index is 11.8. The molecule has 1 fully saturated rings. The van der Waals surface area contributed by atoms with E-state index in [1.165, 1.54) is 0 Å². The van der Waals surface area contributed by atoms with Crippen LogP contribution in [-0.4, -0.2) is 34.7 Å². The van der Waals surface area contributed by atoms with E-state index < -0.39 is 12.0 Å². The quantitative estimate of drug-likeness (QED) is 0.665. The third kappa shape index (κ3) is 4.34. The molecule has 0 heterocycles. The van der Waals surface area contributed by atoms with Gasteiger partial charge in [0.15, 0.2) is 0 Å². The summed E-state index contributed by atoms with van der Waals surface area (Å²) in [5, 5.41) is 20.1. The first kappa shape index (κ1) is 14.0. The normalized spacial score (nSPS) is 26.2. The Morgan fingerprint density at radius 1 is 1.29 bits per heavy atom. The van der Waals surface area contributed by atoms with Crippen molar-refractivity contribution in [2.24, 2.45) is 11.8 Å². The standard InChI is InChI=1S/C12H21NO4/c1-8-2-4-9(5-3-8)11(15)13-10(6-7-14)12(16)17/h8-10,14H,2-7H2,1H3,(H,13,15)(H,16,17). The molecule has 0 aliphatic heterocycles. The van der Waals surface area contributed by atoms with Crippen LogP contribution < -0.4 is 5.32 Å². The van der Waals surface area contributed by atoms with Crippen LogP contribution in [0.15, 0.2) is 0 Å². The van der Waals surface area contributed by atoms with Crippen molar-refractivity contribution < 1.29 is 19.8 Å². The van der Waals surface area contributed by atoms with Crippen molar-refractivity contribution in [3.05, 3.63) is 0 Å². The minimum atomic E-state index is -1.09. The zero-order chi connectivity index (χ0) is 12.8. The zero-order valence-corrected chi connectivity index (χ0v) is 10.2. The molecule has 5 nitrogen and oxygen atoms in total. The van der Waals surface area contributed by atoms with Gasteiger partial charge in [0.2, 0.25) is 5.91 Å². The van der Waals surface area contributed by atoms with Gasteiger partial charge in [-0.2, -0.15) is 0 Å². The smallest absolute Gasteiger partial charge is 0.326 e. The van der Waals surface area contributed by atoms with Crippen LogP contribution in [0.5, 0.6) is 0 Å². The predicted molar refractivity (Wildman–Crippen MR) is 62.4 cm³/mol. The highest BCUT2D eigenvalue weighted by Gasteiger charge is 2.27. The molecule has 0 aromatic heterocycles. The number of amides is 1. The van der Waals surface area contributed by atoms with Crippen LogP contribution in [-0.2, 0) is 9.59 Å². The first-order valence-corrected chi connectivity index (χ1v) is 6.18. The molecule has 5 heteroatoms. The van der Waals surface area contributed by atoms with Crippen LogP contribution in [0, 0.1) is 11.8 Å². The van der Waals surface area contributed by atoms with Crippen molar-refractivity contribution in [2.75, 3.05) is 6.61 Å². The van der Waals surface area contributed by atoms with Gasteiger partial charge >= 0.3 is 5.97 Å². The summed E-state index contributed by atoms with van der Waals surface area (Å²) in [5.74, 6) is -0.673. The molecule has 0 aromatic rings. The summed E-state index contributed by atoms with van der Waals surface area (Å²) in [6.45, 7) is 1.93. The van der Waals surface area contributed by atoms with E-state index in [1.807, 2.05) is 0 Å². The van der Waals surface area contributed by atoms with Gasteiger partial charge in [0.1, 0.15) is 6.04 Å². The molecule has 1 amide bonds. The number of rotatable bonds is 5. The lowest BCUT2D eigenvalue weighted by Gasteiger charge is -2.26. The molecule has 1 atom stereocenters. The molecule has 0 aromatic carbocycles. The number of carbonyl (C=O) groups is 2. The lowest BCUT2D eigenvalue weighted by atomic mass is 9.82. The van der Waals surface area contributed by atoms with Crippen molar-refractivity contribution in [1.82, 2.24) is 5.32 Å². The van der Waals surface area contributed by atoms with Gasteiger partial charge in [0.05, 0.1) is 0 Å². The number of nitrogens with one attached hydrogen (secondary N) is 1. The summed E-state index contributed by atoms with van der Waals surface area (Å²) >= 11 is 0. The largest absolute Gasteiger partial charge is 0.480 e. The van der Waals surface area contributed by atoms with Crippen molar-refractivity contribution >= 4 is 11.9 Å². The Balaban J connectivity index is 2.44. The number of carboxylic acids is 1. The Bertz CT molecular complexity index is 272. The minimum Gasteiger partial charge on any atom is -0.480 e. The van der Waals surface area contributed by atoms with Crippen molar-refractivity contribution in [1.29, 1.82) is 0 Å². The topological polar surface area (TPSA) is 86.6 Å². The summed E-state index contributed by atoms with van der Waals surface area (Å²) in [6, 6.07) is -0.966. The van der Waals surface area contributed by atoms with Crippen LogP contribution >= 0.6 is 0 Å². The van der Waals surface area contributed by atoms with E-state index in [4.69, 9.17) is 10.2 Å². The molecule has 0 radical (unpaired) electrons. The van der Waals surface area contributed by atoms with Gasteiger partial charge < -0.3 is 15.5 Å². The van der Waals surface area contributed by atoms with E-state index in [0.29, 0.717) is 5.92 Å². The number of hydrogen-bond donors (Lipinski definition) is 3. The van der Waals surface area contributed by atoms with Gasteiger partial charge in [-0.15, -0.1) is 0 Å². The molecule has 1 saturated carbocycles. The number of hydrogen-bond acceptors (Lipinski definition) is 3. The number of aliphatic hydroxyl groups excluding tert-OH is 1. The maximum Gasteiger partial charge on any atom is 0.326 e. The lowest BCUT2D eigenvalue weighted by molar-refractivity contribution is -0.143. The van der Waals surface area contributed by atoms with Gasteiger partial charge in [0, 0.05) is 18.9 Å². The van der Waals surface area contributed by atoms with Gasteiger partial charge in [-0.05, 0) is 31.6 Å². The summed E-state index contributed by atoms with van der Waals surface area (Å²) in [4.78, 5) is 22.7. The number of carboxylic acid groups (broad SMARTS) is 1. The van der Waals surface area contributed by atoms with Crippen LogP contribution in [0.3, 0.4) is 0 Å². The molecule has 0 saturated heterocycles. The van der Waals surface area contributed by atoms with Crippen LogP contribution in [0.1, 0.15) is 39.0 Å². The summed E-state index contributed by atoms with van der Waals surface area (Å²) in [6.07, 6.45) is 3.77. The summed E-state index contributed by atoms with van der Waals surface area (Å²) < 4.78 is 0. The SMILES string of the molecule is CC1CCC(C(=O)NC(CCO)C(=O)O)CC1. The fourth-order valence-corrected chi connectivity index (χ4v) is 2.20. The first-order valence-electron chi connectivity index (χ1n) is 6.18. The molecule has 98 valence electrons. The first-order chi connectivity index (χ1) is 8.04. The highest BCUT2D eigenvalue weighted by Crippen LogP contribution is 2.28. The zero-order valence-electron chi connectivity index (χ0n) is 10.2. The molecule has 1 aliphatic rings. The molecule has 1 unspecified atom stereocenters. The van der Waals surface area contributed by atoms with Gasteiger partial charge in [-0.1, -0.05) is 6.92 Å². The van der Waals surface area contributed by atoms with Gasteiger partial charge in [0.25, 0.3) is 0 Å². The number of aliphatic hydroxyl groups is 1. The van der Waals surface area contributed by atoms with E-state index in [0.717, 1.165) is 25.7 Å². The van der Waals surface area contributed by atoms with Gasteiger partial charge in [-0.25, -0.2) is 4.79 Å². The van der Waals surface area contributed by atoms with E-state index in [-0.39, 0.29) is 24.9 Å². The fraction of sp³-hybridized carbons (Fsp3) is 0.833. The summed E-state index contributed by atoms with van der Waals surface area (Å²) in [7, 11) is 0. The third-order valence-electron chi connectivity index (χ3n) is 3.42. The molecule has 0 spiro atoms. The van der Waals surface area contributed by atoms with E-state index in [9.17, 15) is 9.59 Å². The second kappa shape index (κ2) is 6.59. The summed E-state index contributed by atoms with van der Waals surface area (Å²) in [5.41, 5.74) is 0. The Morgan fingerprint density at radius 3 is 2.35 bits per heavy atom.